The van der Waals surface area contributed by atoms with Crippen molar-refractivity contribution < 1.29 is 38.0 Å². The van der Waals surface area contributed by atoms with E-state index in [0.29, 0.717) is 28.7 Å². The van der Waals surface area contributed by atoms with Gasteiger partial charge in [-0.2, -0.15) is 0 Å². The summed E-state index contributed by atoms with van der Waals surface area (Å²) in [7, 11) is 6.40. The number of thiazole rings is 1. The van der Waals surface area contributed by atoms with E-state index in [2.05, 4.69) is 17.4 Å². The van der Waals surface area contributed by atoms with Gasteiger partial charge in [0.2, 0.25) is 12.5 Å². The van der Waals surface area contributed by atoms with Crippen molar-refractivity contribution in [2.75, 3.05) is 47.2 Å². The Morgan fingerprint density at radius 2 is 1.53 bits per heavy atom. The topological polar surface area (TPSA) is 107 Å². The van der Waals surface area contributed by atoms with Gasteiger partial charge in [-0.05, 0) is 83.4 Å². The third-order valence-electron chi connectivity index (χ3n) is 9.28. The first-order valence-corrected chi connectivity index (χ1v) is 16.0. The van der Waals surface area contributed by atoms with Crippen LogP contribution in [0, 0.1) is 11.8 Å². The fourth-order valence-corrected chi connectivity index (χ4v) is 8.07. The van der Waals surface area contributed by atoms with E-state index >= 15 is 0 Å². The number of cyclic esters (lactones) is 1. The zero-order chi connectivity index (χ0) is 32.2. The lowest BCUT2D eigenvalue weighted by Crippen LogP contribution is -2.37. The van der Waals surface area contributed by atoms with E-state index in [1.54, 1.807) is 39.8 Å². The Hall–Kier alpha value is -5.16. The number of hydrogen-bond donors (Lipinski definition) is 1. The molecule has 5 aromatic rings. The number of nitrogens with zero attached hydrogens (tertiary/aromatic N) is 1. The summed E-state index contributed by atoms with van der Waals surface area (Å²) in [5.41, 5.74) is 5.67. The lowest BCUT2D eigenvalue weighted by molar-refractivity contribution is -0.141. The predicted octanol–water partition coefficient (Wildman–Crippen LogP) is 6.81. The summed E-state index contributed by atoms with van der Waals surface area (Å²) >= 11 is 1.62. The highest BCUT2D eigenvalue weighted by Crippen LogP contribution is 2.56. The van der Waals surface area contributed by atoms with Crippen molar-refractivity contribution in [1.29, 1.82) is 0 Å². The van der Waals surface area contributed by atoms with Crippen molar-refractivity contribution >= 4 is 33.2 Å². The zero-order valence-corrected chi connectivity index (χ0v) is 27.0. The third kappa shape index (κ3) is 4.84. The minimum Gasteiger partial charge on any atom is -0.497 e. The molecule has 0 radical (unpaired) electrons. The Balaban J connectivity index is 1.19. The molecule has 10 nitrogen and oxygen atoms in total. The molecule has 1 N–H and O–H groups in total. The minimum atomic E-state index is -0.470. The number of fused-ring (bicyclic) bond motifs is 4. The molecular weight excluding hydrogens is 620 g/mol. The van der Waals surface area contributed by atoms with Gasteiger partial charge in [-0.15, -0.1) is 11.3 Å². The second kappa shape index (κ2) is 11.6. The first kappa shape index (κ1) is 29.3. The third-order valence-corrected chi connectivity index (χ3v) is 10.4. The molecule has 1 fully saturated rings. The summed E-state index contributed by atoms with van der Waals surface area (Å²) in [4.78, 5) is 18.4. The molecule has 47 heavy (non-hydrogen) atoms. The molecular formula is C36H32N2O8S. The van der Waals surface area contributed by atoms with Gasteiger partial charge in [-0.25, -0.2) is 4.98 Å². The van der Waals surface area contributed by atoms with Gasteiger partial charge in [0.1, 0.15) is 10.8 Å². The summed E-state index contributed by atoms with van der Waals surface area (Å²) in [5.74, 6) is 2.40. The maximum absolute atomic E-state index is 13.6. The van der Waals surface area contributed by atoms with E-state index < -0.39 is 5.92 Å². The van der Waals surface area contributed by atoms with Gasteiger partial charge in [0.25, 0.3) is 0 Å². The van der Waals surface area contributed by atoms with Crippen molar-refractivity contribution in [3.8, 4) is 45.1 Å². The molecule has 11 heteroatoms. The van der Waals surface area contributed by atoms with Crippen molar-refractivity contribution in [3.63, 3.8) is 0 Å². The molecule has 0 bridgehead atoms. The highest BCUT2D eigenvalue weighted by molar-refractivity contribution is 7.21. The minimum absolute atomic E-state index is 0.139. The Bertz CT molecular complexity index is 1980. The van der Waals surface area contributed by atoms with Gasteiger partial charge in [0.15, 0.2) is 23.0 Å². The molecule has 0 saturated carbocycles. The highest BCUT2D eigenvalue weighted by Gasteiger charge is 2.52. The van der Waals surface area contributed by atoms with E-state index in [0.717, 1.165) is 48.9 Å². The van der Waals surface area contributed by atoms with Crippen LogP contribution in [0.5, 0.6) is 34.5 Å². The van der Waals surface area contributed by atoms with Crippen LogP contribution in [0.2, 0.25) is 0 Å². The number of aromatic nitrogens is 1. The van der Waals surface area contributed by atoms with E-state index in [1.165, 1.54) is 0 Å². The molecule has 8 rings (SSSR count). The van der Waals surface area contributed by atoms with Gasteiger partial charge in [0.05, 0.1) is 57.2 Å². The number of methoxy groups -OCH3 is 4. The fourth-order valence-electron chi connectivity index (χ4n) is 7.07. The number of carbonyl (C=O) groups excluding carboxylic acids is 1. The Kier molecular flexibility index (Phi) is 7.20. The lowest BCUT2D eigenvalue weighted by atomic mass is 9.65. The summed E-state index contributed by atoms with van der Waals surface area (Å²) < 4.78 is 40.8. The number of nitrogens with one attached hydrogen (secondary N) is 1. The van der Waals surface area contributed by atoms with E-state index in [9.17, 15) is 4.79 Å². The summed E-state index contributed by atoms with van der Waals surface area (Å²) in [6, 6.07) is 21.7. The van der Waals surface area contributed by atoms with E-state index in [1.807, 2.05) is 54.6 Å². The molecule has 1 saturated heterocycles. The molecule has 0 amide bonds. The number of rotatable bonds is 8. The molecule has 3 heterocycles. The standard InChI is InChI=1S/C36H32N2O8S/c1-40-21-9-10-25-30(13-21)47-35(38-25)18-5-7-20(8-6-18)37-33-23-15-27-26(45-17-46-27)14-22(23)31(32-24(33)16-44-36(32)39)19-11-28(41-2)34(43-4)29(12-19)42-3/h5-15,24,31-33,37H,16-17H2,1-4H3/t24-,31+,32-,33+/m0/s1. The highest BCUT2D eigenvalue weighted by atomic mass is 32.1. The molecule has 1 aromatic heterocycles. The number of anilines is 1. The number of benzene rings is 4. The van der Waals surface area contributed by atoms with Gasteiger partial charge < -0.3 is 38.5 Å². The molecule has 4 atom stereocenters. The van der Waals surface area contributed by atoms with E-state index in [4.69, 9.17) is 38.1 Å². The lowest BCUT2D eigenvalue weighted by Gasteiger charge is -2.40. The van der Waals surface area contributed by atoms with Crippen molar-refractivity contribution in [2.24, 2.45) is 11.8 Å². The SMILES string of the molecule is COc1ccc2nc(-c3ccc(N[C@@H]4c5cc6c(cc5[C@@H](c5cc(OC)c(OC)c(OC)c5)[C@H]5C(=O)OC[C@@H]54)OCO6)cc3)sc2c1. The maximum atomic E-state index is 13.6. The van der Waals surface area contributed by atoms with Crippen LogP contribution in [0.4, 0.5) is 5.69 Å². The van der Waals surface area contributed by atoms with Gasteiger partial charge >= 0.3 is 5.97 Å². The summed E-state index contributed by atoms with van der Waals surface area (Å²) in [6.45, 7) is 0.420. The number of ether oxygens (including phenoxy) is 7. The monoisotopic (exact) mass is 652 g/mol. The molecule has 1 aliphatic carbocycles. The number of hydrogen-bond acceptors (Lipinski definition) is 11. The first-order valence-electron chi connectivity index (χ1n) is 15.2. The van der Waals surface area contributed by atoms with Crippen molar-refractivity contribution in [2.45, 2.75) is 12.0 Å². The molecule has 0 spiro atoms. The van der Waals surface area contributed by atoms with Crippen molar-refractivity contribution in [3.05, 3.63) is 83.4 Å². The number of esters is 1. The van der Waals surface area contributed by atoms with Crippen molar-refractivity contribution in [1.82, 2.24) is 4.98 Å². The Labute approximate surface area is 275 Å². The van der Waals surface area contributed by atoms with Crippen LogP contribution in [-0.2, 0) is 9.53 Å². The molecule has 4 aromatic carbocycles. The van der Waals surface area contributed by atoms with Crippen LogP contribution < -0.4 is 33.7 Å². The van der Waals surface area contributed by atoms with Crippen LogP contribution in [0.3, 0.4) is 0 Å². The smallest absolute Gasteiger partial charge is 0.310 e. The van der Waals surface area contributed by atoms with Crippen LogP contribution >= 0.6 is 11.3 Å². The summed E-state index contributed by atoms with van der Waals surface area (Å²) in [5, 5.41) is 4.67. The summed E-state index contributed by atoms with van der Waals surface area (Å²) in [6.07, 6.45) is 0. The predicted molar refractivity (Wildman–Crippen MR) is 176 cm³/mol. The Morgan fingerprint density at radius 3 is 2.21 bits per heavy atom. The molecule has 0 unspecified atom stereocenters. The second-order valence-electron chi connectivity index (χ2n) is 11.6. The van der Waals surface area contributed by atoms with Gasteiger partial charge in [0, 0.05) is 23.1 Å². The van der Waals surface area contributed by atoms with Crippen LogP contribution in [-0.4, -0.2) is 52.8 Å². The van der Waals surface area contributed by atoms with Crippen LogP contribution in [0.25, 0.3) is 20.8 Å². The number of carbonyl (C=O) groups is 1. The first-order chi connectivity index (χ1) is 23.0. The fraction of sp³-hybridized carbons (Fsp3) is 0.278. The van der Waals surface area contributed by atoms with Gasteiger partial charge in [-0.3, -0.25) is 4.79 Å². The molecule has 240 valence electrons. The average molecular weight is 653 g/mol. The maximum Gasteiger partial charge on any atom is 0.310 e. The molecule has 3 aliphatic rings. The van der Waals surface area contributed by atoms with E-state index in [-0.39, 0.29) is 37.2 Å². The zero-order valence-electron chi connectivity index (χ0n) is 26.2. The Morgan fingerprint density at radius 1 is 0.809 bits per heavy atom. The largest absolute Gasteiger partial charge is 0.497 e. The molecule has 2 aliphatic heterocycles. The second-order valence-corrected chi connectivity index (χ2v) is 12.7. The van der Waals surface area contributed by atoms with Gasteiger partial charge in [-0.1, -0.05) is 0 Å². The average Bonchev–Trinajstić information content (AvgIpc) is 3.85. The van der Waals surface area contributed by atoms with Crippen LogP contribution in [0.1, 0.15) is 28.7 Å². The quantitative estimate of drug-likeness (QED) is 0.180. The van der Waals surface area contributed by atoms with Crippen LogP contribution in [0.15, 0.2) is 66.7 Å². The normalized spacial score (nSPS) is 20.7.